The number of aryl methyl sites for hydroxylation is 1. The monoisotopic (exact) mass is 290 g/mol. The van der Waals surface area contributed by atoms with Crippen LogP contribution >= 0.6 is 0 Å². The molecule has 1 aromatic rings. The van der Waals surface area contributed by atoms with Crippen molar-refractivity contribution in [1.29, 1.82) is 0 Å². The van der Waals surface area contributed by atoms with Gasteiger partial charge in [-0.05, 0) is 42.5 Å². The maximum atomic E-state index is 9.78. The maximum Gasteiger partial charge on any atom is 0.119 e. The van der Waals surface area contributed by atoms with Gasteiger partial charge in [-0.1, -0.05) is 57.9 Å². The van der Waals surface area contributed by atoms with Crippen LogP contribution in [0.3, 0.4) is 0 Å². The van der Waals surface area contributed by atoms with Crippen LogP contribution in [0.25, 0.3) is 0 Å². The second-order valence-electron chi connectivity index (χ2n) is 6.24. The number of unbranched alkanes of at least 4 members (excludes halogenated alkanes) is 7. The summed E-state index contributed by atoms with van der Waals surface area (Å²) >= 11 is 0. The van der Waals surface area contributed by atoms with Crippen LogP contribution < -0.4 is 4.74 Å². The molecular weight excluding hydrogens is 260 g/mol. The normalized spacial score (nSPS) is 17.0. The molecule has 1 atom stereocenters. The van der Waals surface area contributed by atoms with E-state index in [9.17, 15) is 5.11 Å². The summed E-state index contributed by atoms with van der Waals surface area (Å²) in [5.41, 5.74) is 2.35. The molecule has 1 N–H and O–H groups in total. The van der Waals surface area contributed by atoms with Gasteiger partial charge in [-0.15, -0.1) is 0 Å². The molecule has 1 aliphatic rings. The minimum Gasteiger partial charge on any atom is -0.494 e. The molecule has 21 heavy (non-hydrogen) atoms. The average Bonchev–Trinajstić information content (AvgIpc) is 2.86. The molecule has 0 bridgehead atoms. The fraction of sp³-hybridized carbons (Fsp3) is 0.684. The molecule has 2 heteroatoms. The largest absolute Gasteiger partial charge is 0.494 e. The SMILES string of the molecule is CCCCCCCCCCOc1ccc2c(c1)CC[C@H]2O. The Bertz CT molecular complexity index is 414. The lowest BCUT2D eigenvalue weighted by Gasteiger charge is -2.09. The minimum atomic E-state index is -0.262. The zero-order valence-corrected chi connectivity index (χ0v) is 13.4. The van der Waals surface area contributed by atoms with Crippen molar-refractivity contribution in [2.24, 2.45) is 0 Å². The van der Waals surface area contributed by atoms with Crippen molar-refractivity contribution in [3.8, 4) is 5.75 Å². The van der Waals surface area contributed by atoms with Gasteiger partial charge in [0.25, 0.3) is 0 Å². The maximum absolute atomic E-state index is 9.78. The summed E-state index contributed by atoms with van der Waals surface area (Å²) in [5.74, 6) is 0.964. The predicted octanol–water partition coefficient (Wildman–Crippen LogP) is 5.19. The van der Waals surface area contributed by atoms with Gasteiger partial charge >= 0.3 is 0 Å². The standard InChI is InChI=1S/C19H30O2/c1-2-3-4-5-6-7-8-9-14-21-17-11-12-18-16(15-17)10-13-19(18)20/h11-12,15,19-20H,2-10,13-14H2,1H3/t19-/m1/s1. The van der Waals surface area contributed by atoms with Crippen molar-refractivity contribution in [1.82, 2.24) is 0 Å². The Balaban J connectivity index is 1.55. The molecule has 0 heterocycles. The van der Waals surface area contributed by atoms with Gasteiger partial charge in [0.1, 0.15) is 5.75 Å². The molecule has 2 rings (SSSR count). The zero-order valence-electron chi connectivity index (χ0n) is 13.4. The molecule has 2 nitrogen and oxygen atoms in total. The molecule has 118 valence electrons. The van der Waals surface area contributed by atoms with E-state index in [4.69, 9.17) is 4.74 Å². The van der Waals surface area contributed by atoms with Crippen LogP contribution in [-0.4, -0.2) is 11.7 Å². The summed E-state index contributed by atoms with van der Waals surface area (Å²) in [6.45, 7) is 3.08. The minimum absolute atomic E-state index is 0.262. The van der Waals surface area contributed by atoms with Gasteiger partial charge in [0.2, 0.25) is 0 Å². The van der Waals surface area contributed by atoms with E-state index in [1.807, 2.05) is 12.1 Å². The molecule has 0 saturated carbocycles. The lowest BCUT2D eigenvalue weighted by Crippen LogP contribution is -1.98. The molecule has 0 aromatic heterocycles. The van der Waals surface area contributed by atoms with Gasteiger partial charge in [0, 0.05) is 0 Å². The van der Waals surface area contributed by atoms with Crippen molar-refractivity contribution in [2.45, 2.75) is 77.2 Å². The van der Waals surface area contributed by atoms with E-state index in [1.54, 1.807) is 0 Å². The van der Waals surface area contributed by atoms with E-state index in [0.29, 0.717) is 0 Å². The van der Waals surface area contributed by atoms with Crippen LogP contribution in [0, 0.1) is 0 Å². The Morgan fingerprint density at radius 1 is 1.05 bits per heavy atom. The van der Waals surface area contributed by atoms with E-state index in [1.165, 1.54) is 50.5 Å². The number of hydrogen-bond donors (Lipinski definition) is 1. The number of benzene rings is 1. The number of ether oxygens (including phenoxy) is 1. The highest BCUT2D eigenvalue weighted by molar-refractivity contribution is 5.39. The van der Waals surface area contributed by atoms with Crippen molar-refractivity contribution in [3.63, 3.8) is 0 Å². The number of aliphatic hydroxyl groups excluding tert-OH is 1. The van der Waals surface area contributed by atoms with E-state index in [-0.39, 0.29) is 6.10 Å². The molecule has 1 aromatic carbocycles. The van der Waals surface area contributed by atoms with E-state index >= 15 is 0 Å². The first-order valence-corrected chi connectivity index (χ1v) is 8.75. The topological polar surface area (TPSA) is 29.5 Å². The van der Waals surface area contributed by atoms with Crippen LogP contribution in [0.5, 0.6) is 5.75 Å². The molecule has 0 aliphatic heterocycles. The predicted molar refractivity (Wildman–Crippen MR) is 87.8 cm³/mol. The summed E-state index contributed by atoms with van der Waals surface area (Å²) in [6, 6.07) is 6.13. The number of hydrogen-bond acceptors (Lipinski definition) is 2. The molecule has 0 amide bonds. The van der Waals surface area contributed by atoms with Crippen molar-refractivity contribution < 1.29 is 9.84 Å². The second kappa shape index (κ2) is 9.09. The molecule has 1 aliphatic carbocycles. The van der Waals surface area contributed by atoms with Crippen LogP contribution in [0.4, 0.5) is 0 Å². The molecule has 0 fully saturated rings. The highest BCUT2D eigenvalue weighted by Crippen LogP contribution is 2.33. The van der Waals surface area contributed by atoms with Crippen molar-refractivity contribution in [3.05, 3.63) is 29.3 Å². The first kappa shape index (κ1) is 16.4. The number of aliphatic hydroxyl groups is 1. The van der Waals surface area contributed by atoms with Crippen LogP contribution in [0.15, 0.2) is 18.2 Å². The summed E-state index contributed by atoms with van der Waals surface area (Å²) in [5, 5.41) is 9.78. The Kier molecular flexibility index (Phi) is 7.08. The number of rotatable bonds is 10. The summed E-state index contributed by atoms with van der Waals surface area (Å²) < 4.78 is 5.83. The van der Waals surface area contributed by atoms with Gasteiger partial charge in [-0.25, -0.2) is 0 Å². The lowest BCUT2D eigenvalue weighted by atomic mass is 10.1. The second-order valence-corrected chi connectivity index (χ2v) is 6.24. The Morgan fingerprint density at radius 2 is 1.76 bits per heavy atom. The van der Waals surface area contributed by atoms with Gasteiger partial charge in [0.05, 0.1) is 12.7 Å². The Labute approximate surface area is 129 Å². The van der Waals surface area contributed by atoms with Crippen LogP contribution in [-0.2, 0) is 6.42 Å². The quantitative estimate of drug-likeness (QED) is 0.601. The molecule has 0 saturated heterocycles. The molecular formula is C19H30O2. The third kappa shape index (κ3) is 5.35. The fourth-order valence-electron chi connectivity index (χ4n) is 3.09. The van der Waals surface area contributed by atoms with Gasteiger partial charge in [-0.2, -0.15) is 0 Å². The third-order valence-corrected chi connectivity index (χ3v) is 4.43. The number of fused-ring (bicyclic) bond motifs is 1. The first-order valence-electron chi connectivity index (χ1n) is 8.75. The van der Waals surface area contributed by atoms with E-state index in [2.05, 4.69) is 13.0 Å². The fourth-order valence-corrected chi connectivity index (χ4v) is 3.09. The summed E-state index contributed by atoms with van der Waals surface area (Å²) in [7, 11) is 0. The highest BCUT2D eigenvalue weighted by atomic mass is 16.5. The lowest BCUT2D eigenvalue weighted by molar-refractivity contribution is 0.180. The molecule has 0 unspecified atom stereocenters. The van der Waals surface area contributed by atoms with Gasteiger partial charge in [-0.3, -0.25) is 0 Å². The highest BCUT2D eigenvalue weighted by Gasteiger charge is 2.20. The molecule has 0 spiro atoms. The van der Waals surface area contributed by atoms with E-state index in [0.717, 1.165) is 37.2 Å². The first-order chi connectivity index (χ1) is 10.3. The van der Waals surface area contributed by atoms with Gasteiger partial charge < -0.3 is 9.84 Å². The molecule has 0 radical (unpaired) electrons. The third-order valence-electron chi connectivity index (χ3n) is 4.43. The summed E-state index contributed by atoms with van der Waals surface area (Å²) in [6.07, 6.45) is 12.2. The van der Waals surface area contributed by atoms with Gasteiger partial charge in [0.15, 0.2) is 0 Å². The van der Waals surface area contributed by atoms with Crippen LogP contribution in [0.1, 0.15) is 81.9 Å². The van der Waals surface area contributed by atoms with Crippen LogP contribution in [0.2, 0.25) is 0 Å². The smallest absolute Gasteiger partial charge is 0.119 e. The average molecular weight is 290 g/mol. The van der Waals surface area contributed by atoms with Crippen molar-refractivity contribution >= 4 is 0 Å². The van der Waals surface area contributed by atoms with E-state index < -0.39 is 0 Å². The Morgan fingerprint density at radius 3 is 2.52 bits per heavy atom. The summed E-state index contributed by atoms with van der Waals surface area (Å²) in [4.78, 5) is 0. The Hall–Kier alpha value is -1.02. The zero-order chi connectivity index (χ0) is 14.9. The van der Waals surface area contributed by atoms with Crippen molar-refractivity contribution in [2.75, 3.05) is 6.61 Å².